The van der Waals surface area contributed by atoms with E-state index < -0.39 is 12.1 Å². The van der Waals surface area contributed by atoms with Crippen LogP contribution in [0.4, 0.5) is 0 Å². The van der Waals surface area contributed by atoms with Gasteiger partial charge in [0.15, 0.2) is 6.10 Å². The largest absolute Gasteiger partial charge is 0.497 e. The lowest BCUT2D eigenvalue weighted by atomic mass is 10.2. The van der Waals surface area contributed by atoms with E-state index in [0.29, 0.717) is 5.75 Å². The molecule has 0 saturated carbocycles. The van der Waals surface area contributed by atoms with Crippen molar-refractivity contribution in [1.82, 2.24) is 4.90 Å². The summed E-state index contributed by atoms with van der Waals surface area (Å²) in [4.78, 5) is 25.2. The Bertz CT molecular complexity index is 537. The van der Waals surface area contributed by atoms with Crippen molar-refractivity contribution < 1.29 is 24.2 Å². The van der Waals surface area contributed by atoms with Gasteiger partial charge in [0.25, 0.3) is 5.91 Å². The summed E-state index contributed by atoms with van der Waals surface area (Å²) in [6.07, 6.45) is 1.29. The molecule has 1 aromatic carbocycles. The van der Waals surface area contributed by atoms with Gasteiger partial charge in [-0.15, -0.1) is 0 Å². The van der Waals surface area contributed by atoms with E-state index >= 15 is 0 Å². The fourth-order valence-electron chi connectivity index (χ4n) is 2.34. The fourth-order valence-corrected chi connectivity index (χ4v) is 2.34. The number of carbonyl (C=O) groups excluding carboxylic acids is 1. The first-order valence-corrected chi connectivity index (χ1v) is 6.89. The number of carbonyl (C=O) groups is 2. The first-order chi connectivity index (χ1) is 10.0. The molecule has 1 N–H and O–H groups in total. The molecule has 0 bridgehead atoms. The minimum Gasteiger partial charge on any atom is -0.497 e. The second-order valence-corrected chi connectivity index (χ2v) is 4.96. The zero-order chi connectivity index (χ0) is 15.4. The summed E-state index contributed by atoms with van der Waals surface area (Å²) in [7, 11) is 1.46. The first-order valence-electron chi connectivity index (χ1n) is 6.89. The number of hydrogen-bond donors (Lipinski definition) is 1. The Morgan fingerprint density at radius 2 is 1.95 bits per heavy atom. The summed E-state index contributed by atoms with van der Waals surface area (Å²) in [5.74, 6) is -0.633. The maximum Gasteiger partial charge on any atom is 0.339 e. The monoisotopic (exact) mass is 293 g/mol. The zero-order valence-corrected chi connectivity index (χ0v) is 12.2. The maximum atomic E-state index is 12.2. The molecule has 1 atom stereocenters. The van der Waals surface area contributed by atoms with Gasteiger partial charge < -0.3 is 19.5 Å². The highest BCUT2D eigenvalue weighted by Gasteiger charge is 2.25. The van der Waals surface area contributed by atoms with Gasteiger partial charge in [-0.2, -0.15) is 0 Å². The molecule has 1 fully saturated rings. The van der Waals surface area contributed by atoms with Gasteiger partial charge in [0.1, 0.15) is 17.1 Å². The minimum atomic E-state index is -1.12. The van der Waals surface area contributed by atoms with Crippen molar-refractivity contribution in [3.8, 4) is 11.5 Å². The third kappa shape index (κ3) is 3.45. The SMILES string of the molecule is COc1ccc(OC(C)C(=O)N2CCCC2)c(C(=O)O)c1. The molecule has 6 heteroatoms. The maximum absolute atomic E-state index is 12.2. The molecule has 1 amide bonds. The second kappa shape index (κ2) is 6.47. The van der Waals surface area contributed by atoms with Gasteiger partial charge in [-0.3, -0.25) is 4.79 Å². The van der Waals surface area contributed by atoms with Crippen molar-refractivity contribution in [2.24, 2.45) is 0 Å². The van der Waals surface area contributed by atoms with Crippen LogP contribution in [0.1, 0.15) is 30.1 Å². The quantitative estimate of drug-likeness (QED) is 0.895. The van der Waals surface area contributed by atoms with Crippen molar-refractivity contribution in [3.63, 3.8) is 0 Å². The molecule has 2 rings (SSSR count). The van der Waals surface area contributed by atoms with Gasteiger partial charge in [0, 0.05) is 13.1 Å². The smallest absolute Gasteiger partial charge is 0.339 e. The van der Waals surface area contributed by atoms with Gasteiger partial charge in [0.05, 0.1) is 7.11 Å². The molecule has 1 saturated heterocycles. The summed E-state index contributed by atoms with van der Waals surface area (Å²) in [5, 5.41) is 9.22. The van der Waals surface area contributed by atoms with Crippen molar-refractivity contribution >= 4 is 11.9 Å². The van der Waals surface area contributed by atoms with Crippen LogP contribution >= 0.6 is 0 Å². The van der Waals surface area contributed by atoms with Gasteiger partial charge in [-0.05, 0) is 38.0 Å². The molecule has 0 spiro atoms. The van der Waals surface area contributed by atoms with Crippen LogP contribution in [-0.4, -0.2) is 48.2 Å². The van der Waals surface area contributed by atoms with E-state index in [-0.39, 0.29) is 17.2 Å². The molecule has 21 heavy (non-hydrogen) atoms. The molecule has 114 valence electrons. The molecule has 1 aliphatic rings. The number of amides is 1. The minimum absolute atomic E-state index is 0.0181. The van der Waals surface area contributed by atoms with E-state index in [4.69, 9.17) is 9.47 Å². The van der Waals surface area contributed by atoms with E-state index in [1.54, 1.807) is 17.9 Å². The number of carboxylic acid groups (broad SMARTS) is 1. The normalized spacial score (nSPS) is 15.6. The molecule has 1 aromatic rings. The average molecular weight is 293 g/mol. The number of aromatic carboxylic acids is 1. The number of methoxy groups -OCH3 is 1. The summed E-state index contributed by atoms with van der Waals surface area (Å²) >= 11 is 0. The number of nitrogens with zero attached hydrogens (tertiary/aromatic N) is 1. The van der Waals surface area contributed by atoms with E-state index in [9.17, 15) is 14.7 Å². The van der Waals surface area contributed by atoms with Gasteiger partial charge in [-0.1, -0.05) is 0 Å². The van der Waals surface area contributed by atoms with Crippen molar-refractivity contribution in [2.45, 2.75) is 25.9 Å². The van der Waals surface area contributed by atoms with Crippen molar-refractivity contribution in [3.05, 3.63) is 23.8 Å². The third-order valence-electron chi connectivity index (χ3n) is 3.49. The van der Waals surface area contributed by atoms with E-state index in [2.05, 4.69) is 0 Å². The summed E-state index contributed by atoms with van der Waals surface area (Å²) in [5.41, 5.74) is -0.0181. The van der Waals surface area contributed by atoms with Gasteiger partial charge >= 0.3 is 5.97 Å². The van der Waals surface area contributed by atoms with Crippen molar-refractivity contribution in [2.75, 3.05) is 20.2 Å². The molecule has 6 nitrogen and oxygen atoms in total. The van der Waals surface area contributed by atoms with Crippen LogP contribution in [-0.2, 0) is 4.79 Å². The lowest BCUT2D eigenvalue weighted by Gasteiger charge is -2.22. The zero-order valence-electron chi connectivity index (χ0n) is 12.2. The Labute approximate surface area is 123 Å². The molecular formula is C15H19NO5. The number of carboxylic acids is 1. The van der Waals surface area contributed by atoms with Gasteiger partial charge in [-0.25, -0.2) is 4.79 Å². The highest BCUT2D eigenvalue weighted by Crippen LogP contribution is 2.25. The third-order valence-corrected chi connectivity index (χ3v) is 3.49. The van der Waals surface area contributed by atoms with Crippen LogP contribution in [0.25, 0.3) is 0 Å². The van der Waals surface area contributed by atoms with Crippen molar-refractivity contribution in [1.29, 1.82) is 0 Å². The molecular weight excluding hydrogens is 274 g/mol. The molecule has 0 aromatic heterocycles. The molecule has 1 aliphatic heterocycles. The number of benzene rings is 1. The van der Waals surface area contributed by atoms with Crippen LogP contribution in [0.5, 0.6) is 11.5 Å². The van der Waals surface area contributed by atoms with Gasteiger partial charge in [0.2, 0.25) is 0 Å². The predicted molar refractivity (Wildman–Crippen MR) is 75.9 cm³/mol. The van der Waals surface area contributed by atoms with E-state index in [1.165, 1.54) is 19.2 Å². The highest BCUT2D eigenvalue weighted by molar-refractivity contribution is 5.91. The second-order valence-electron chi connectivity index (χ2n) is 4.96. The van der Waals surface area contributed by atoms with Crippen LogP contribution in [0.2, 0.25) is 0 Å². The first kappa shape index (κ1) is 15.2. The summed E-state index contributed by atoms with van der Waals surface area (Å²) in [6, 6.07) is 4.50. The molecule has 0 aliphatic carbocycles. The topological polar surface area (TPSA) is 76.1 Å². The average Bonchev–Trinajstić information content (AvgIpc) is 3.00. The van der Waals surface area contributed by atoms with Crippen LogP contribution in [0, 0.1) is 0 Å². The Morgan fingerprint density at radius 3 is 2.52 bits per heavy atom. The highest BCUT2D eigenvalue weighted by atomic mass is 16.5. The standard InChI is InChI=1S/C15H19NO5/c1-10(14(17)16-7-3-4-8-16)21-13-6-5-11(20-2)9-12(13)15(18)19/h5-6,9-10H,3-4,7-8H2,1-2H3,(H,18,19). The number of rotatable bonds is 5. The summed E-state index contributed by atoms with van der Waals surface area (Å²) in [6.45, 7) is 3.11. The van der Waals surface area contributed by atoms with E-state index in [1.807, 2.05) is 0 Å². The Morgan fingerprint density at radius 1 is 1.29 bits per heavy atom. The van der Waals surface area contributed by atoms with Crippen LogP contribution in [0.3, 0.4) is 0 Å². The number of ether oxygens (including phenoxy) is 2. The summed E-state index contributed by atoms with van der Waals surface area (Å²) < 4.78 is 10.6. The van der Waals surface area contributed by atoms with Crippen LogP contribution < -0.4 is 9.47 Å². The predicted octanol–water partition coefficient (Wildman–Crippen LogP) is 1.78. The lowest BCUT2D eigenvalue weighted by molar-refractivity contribution is -0.136. The Kier molecular flexibility index (Phi) is 4.67. The number of hydrogen-bond acceptors (Lipinski definition) is 4. The lowest BCUT2D eigenvalue weighted by Crippen LogP contribution is -2.38. The Balaban J connectivity index is 2.14. The Hall–Kier alpha value is -2.24. The van der Waals surface area contributed by atoms with Crippen LogP contribution in [0.15, 0.2) is 18.2 Å². The number of likely N-dealkylation sites (tertiary alicyclic amines) is 1. The molecule has 1 unspecified atom stereocenters. The molecule has 0 radical (unpaired) electrons. The molecule has 1 heterocycles. The van der Waals surface area contributed by atoms with E-state index in [0.717, 1.165) is 25.9 Å². The fraction of sp³-hybridized carbons (Fsp3) is 0.467.